The molecule has 0 saturated carbocycles. The van der Waals surface area contributed by atoms with Crippen molar-refractivity contribution in [1.82, 2.24) is 5.32 Å². The van der Waals surface area contributed by atoms with E-state index in [-0.39, 0.29) is 18.9 Å². The van der Waals surface area contributed by atoms with Crippen LogP contribution in [0.3, 0.4) is 0 Å². The number of aliphatic hydroxyl groups is 8. The molecule has 14 nitrogen and oxygen atoms in total. The number of aliphatic hydroxyl groups excluding tert-OH is 8. The van der Waals surface area contributed by atoms with Gasteiger partial charge in [0.15, 0.2) is 12.6 Å². The number of allylic oxidation sites excluding steroid dienone is 9. The molecule has 9 N–H and O–H groups in total. The Morgan fingerprint density at radius 1 is 0.649 bits per heavy atom. The molecule has 2 rings (SSSR count). The van der Waals surface area contributed by atoms with E-state index < -0.39 is 86.8 Å². The van der Waals surface area contributed by atoms with Gasteiger partial charge in [0, 0.05) is 6.42 Å². The van der Waals surface area contributed by atoms with Crippen molar-refractivity contribution < 1.29 is 64.6 Å². The van der Waals surface area contributed by atoms with Gasteiger partial charge in [-0.3, -0.25) is 4.79 Å². The maximum Gasteiger partial charge on any atom is 0.220 e. The lowest BCUT2D eigenvalue weighted by atomic mass is 9.97. The lowest BCUT2D eigenvalue weighted by Crippen LogP contribution is -2.65. The molecule has 2 fully saturated rings. The van der Waals surface area contributed by atoms with Gasteiger partial charge in [-0.1, -0.05) is 120 Å². The Hall–Kier alpha value is -2.31. The quantitative estimate of drug-likeness (QED) is 0.0392. The van der Waals surface area contributed by atoms with Crippen molar-refractivity contribution in [3.8, 4) is 0 Å². The molecule has 1 amide bonds. The van der Waals surface area contributed by atoms with Crippen LogP contribution in [0, 0.1) is 0 Å². The minimum absolute atomic E-state index is 0.157. The second kappa shape index (κ2) is 30.7. The first-order valence-electron chi connectivity index (χ1n) is 21.0. The SMILES string of the molecule is CC/C=C\C/C=C\C/C=C\C/C=C\CCC(=O)NC(COC1OC(CO)C(OC2OC(CO)C(O)C(O)C2O)C(O)C1O)C(O)/C=C/CCCCCCCCCC. The summed E-state index contributed by atoms with van der Waals surface area (Å²) >= 11 is 0. The van der Waals surface area contributed by atoms with Crippen LogP contribution < -0.4 is 5.32 Å². The van der Waals surface area contributed by atoms with Gasteiger partial charge >= 0.3 is 0 Å². The van der Waals surface area contributed by atoms with E-state index in [9.17, 15) is 45.6 Å². The fraction of sp³-hybridized carbons (Fsp3) is 0.744. The van der Waals surface area contributed by atoms with E-state index >= 15 is 0 Å². The summed E-state index contributed by atoms with van der Waals surface area (Å²) in [5.74, 6) is -0.326. The molecule has 2 aliphatic heterocycles. The highest BCUT2D eigenvalue weighted by molar-refractivity contribution is 5.76. The van der Waals surface area contributed by atoms with Gasteiger partial charge in [-0.05, 0) is 44.9 Å². The first-order chi connectivity index (χ1) is 27.6. The number of unbranched alkanes of at least 4 members (excludes halogenated alkanes) is 8. The Balaban J connectivity index is 1.98. The van der Waals surface area contributed by atoms with E-state index in [1.807, 2.05) is 18.2 Å². The van der Waals surface area contributed by atoms with Crippen molar-refractivity contribution in [2.45, 2.75) is 184 Å². The fourth-order valence-corrected chi connectivity index (χ4v) is 6.47. The zero-order valence-corrected chi connectivity index (χ0v) is 34.0. The summed E-state index contributed by atoms with van der Waals surface area (Å²) < 4.78 is 22.5. The fourth-order valence-electron chi connectivity index (χ4n) is 6.47. The normalized spacial score (nSPS) is 29.7. The highest BCUT2D eigenvalue weighted by atomic mass is 16.7. The molecule has 2 saturated heterocycles. The van der Waals surface area contributed by atoms with E-state index in [1.54, 1.807) is 6.08 Å². The number of carbonyl (C=O) groups excluding carboxylic acids is 1. The van der Waals surface area contributed by atoms with Gasteiger partial charge in [0.25, 0.3) is 0 Å². The van der Waals surface area contributed by atoms with E-state index in [4.69, 9.17) is 18.9 Å². The van der Waals surface area contributed by atoms with Crippen LogP contribution in [0.4, 0.5) is 0 Å². The molecular formula is C43H73NO13. The van der Waals surface area contributed by atoms with Crippen molar-refractivity contribution in [3.63, 3.8) is 0 Å². The lowest BCUT2D eigenvalue weighted by Gasteiger charge is -2.46. The largest absolute Gasteiger partial charge is 0.394 e. The van der Waals surface area contributed by atoms with Crippen LogP contribution >= 0.6 is 0 Å². The van der Waals surface area contributed by atoms with Crippen molar-refractivity contribution in [3.05, 3.63) is 60.8 Å². The molecule has 0 spiro atoms. The van der Waals surface area contributed by atoms with Gasteiger partial charge in [-0.15, -0.1) is 0 Å². The zero-order valence-electron chi connectivity index (χ0n) is 34.0. The second-order valence-corrected chi connectivity index (χ2v) is 14.7. The third kappa shape index (κ3) is 19.5. The standard InChI is InChI=1S/C43H73NO13/c1-3-5-7-9-11-13-15-16-17-19-21-23-25-27-35(48)44-31(32(47)26-24-22-20-18-14-12-10-8-6-4-2)30-54-42-40(53)38(51)41(34(29-46)56-42)57-43-39(52)37(50)36(49)33(28-45)55-43/h5,7,11,13,16-17,21,23-24,26,31-34,36-43,45-47,49-53H,3-4,6,8-10,12,14-15,18-20,22,25,27-30H2,1-2H3,(H,44,48)/b7-5-,13-11-,17-16-,23-21-,26-24+. The third-order valence-corrected chi connectivity index (χ3v) is 9.97. The molecule has 0 aliphatic carbocycles. The predicted molar refractivity (Wildman–Crippen MR) is 217 cm³/mol. The number of ether oxygens (including phenoxy) is 4. The molecular weight excluding hydrogens is 738 g/mol. The number of nitrogens with one attached hydrogen (secondary N) is 1. The summed E-state index contributed by atoms with van der Waals surface area (Å²) in [4.78, 5) is 13.0. The smallest absolute Gasteiger partial charge is 0.220 e. The lowest BCUT2D eigenvalue weighted by molar-refractivity contribution is -0.359. The van der Waals surface area contributed by atoms with E-state index in [1.165, 1.54) is 32.1 Å². The van der Waals surface area contributed by atoms with Crippen LogP contribution in [0.15, 0.2) is 60.8 Å². The molecule has 2 aliphatic rings. The van der Waals surface area contributed by atoms with Crippen LogP contribution in [-0.4, -0.2) is 140 Å². The molecule has 0 radical (unpaired) electrons. The van der Waals surface area contributed by atoms with Gasteiger partial charge in [-0.2, -0.15) is 0 Å². The van der Waals surface area contributed by atoms with Crippen LogP contribution in [0.5, 0.6) is 0 Å². The third-order valence-electron chi connectivity index (χ3n) is 9.97. The molecule has 0 aromatic heterocycles. The Morgan fingerprint density at radius 3 is 1.82 bits per heavy atom. The maximum absolute atomic E-state index is 13.0. The zero-order chi connectivity index (χ0) is 41.8. The van der Waals surface area contributed by atoms with Gasteiger partial charge in [0.1, 0.15) is 48.8 Å². The Labute approximate surface area is 339 Å². The Bertz CT molecular complexity index is 1190. The molecule has 12 atom stereocenters. The first-order valence-corrected chi connectivity index (χ1v) is 21.0. The Morgan fingerprint density at radius 2 is 1.21 bits per heavy atom. The van der Waals surface area contributed by atoms with Crippen LogP contribution in [-0.2, 0) is 23.7 Å². The summed E-state index contributed by atoms with van der Waals surface area (Å²) in [6, 6.07) is -0.951. The van der Waals surface area contributed by atoms with Crippen molar-refractivity contribution in [2.24, 2.45) is 0 Å². The number of rotatable bonds is 29. The van der Waals surface area contributed by atoms with Crippen molar-refractivity contribution >= 4 is 5.91 Å². The molecule has 0 bridgehead atoms. The maximum atomic E-state index is 13.0. The van der Waals surface area contributed by atoms with Crippen LogP contribution in [0.1, 0.15) is 110 Å². The monoisotopic (exact) mass is 812 g/mol. The average molecular weight is 812 g/mol. The molecule has 0 aromatic rings. The van der Waals surface area contributed by atoms with Crippen molar-refractivity contribution in [2.75, 3.05) is 19.8 Å². The average Bonchev–Trinajstić information content (AvgIpc) is 3.21. The van der Waals surface area contributed by atoms with Gasteiger partial charge in [0.2, 0.25) is 5.91 Å². The van der Waals surface area contributed by atoms with Gasteiger partial charge < -0.3 is 65.1 Å². The molecule has 57 heavy (non-hydrogen) atoms. The minimum Gasteiger partial charge on any atom is -0.394 e. The number of hydrogen-bond donors (Lipinski definition) is 9. The summed E-state index contributed by atoms with van der Waals surface area (Å²) in [5.41, 5.74) is 0. The van der Waals surface area contributed by atoms with E-state index in [2.05, 4.69) is 55.6 Å². The molecule has 0 aromatic carbocycles. The summed E-state index contributed by atoms with van der Waals surface area (Å²) in [6.45, 7) is 2.54. The molecule has 14 heteroatoms. The van der Waals surface area contributed by atoms with E-state index in [0.717, 1.165) is 51.4 Å². The minimum atomic E-state index is -1.79. The highest BCUT2D eigenvalue weighted by Gasteiger charge is 2.50. The molecule has 2 heterocycles. The number of carbonyl (C=O) groups is 1. The summed E-state index contributed by atoms with van der Waals surface area (Å²) in [5, 5.41) is 86.1. The van der Waals surface area contributed by atoms with Gasteiger partial charge in [-0.25, -0.2) is 0 Å². The molecule has 328 valence electrons. The highest BCUT2D eigenvalue weighted by Crippen LogP contribution is 2.29. The van der Waals surface area contributed by atoms with Crippen LogP contribution in [0.25, 0.3) is 0 Å². The van der Waals surface area contributed by atoms with Gasteiger partial charge in [0.05, 0.1) is 32.0 Å². The van der Waals surface area contributed by atoms with Crippen molar-refractivity contribution in [1.29, 1.82) is 0 Å². The summed E-state index contributed by atoms with van der Waals surface area (Å²) in [6.07, 6.45) is 17.3. The summed E-state index contributed by atoms with van der Waals surface area (Å²) in [7, 11) is 0. The molecule has 12 unspecified atom stereocenters. The number of hydrogen-bond acceptors (Lipinski definition) is 13. The number of amides is 1. The van der Waals surface area contributed by atoms with E-state index in [0.29, 0.717) is 6.42 Å². The topological polar surface area (TPSA) is 228 Å². The van der Waals surface area contributed by atoms with Crippen LogP contribution in [0.2, 0.25) is 0 Å². The first kappa shape index (κ1) is 50.8. The predicted octanol–water partition coefficient (Wildman–Crippen LogP) is 3.15. The Kier molecular flexibility index (Phi) is 27.4. The second-order valence-electron chi connectivity index (χ2n) is 14.7.